The maximum absolute atomic E-state index is 11.5. The summed E-state index contributed by atoms with van der Waals surface area (Å²) < 4.78 is 10.2. The lowest BCUT2D eigenvalue weighted by Gasteiger charge is -2.05. The molecule has 16 heavy (non-hydrogen) atoms. The Bertz CT molecular complexity index is 339. The predicted octanol–water partition coefficient (Wildman–Crippen LogP) is 1.85. The Kier molecular flexibility index (Phi) is 5.36. The average molecular weight is 223 g/mol. The van der Waals surface area contributed by atoms with Gasteiger partial charge in [0.1, 0.15) is 0 Å². The van der Waals surface area contributed by atoms with Gasteiger partial charge in [0.2, 0.25) is 0 Å². The van der Waals surface area contributed by atoms with Crippen LogP contribution in [0.4, 0.5) is 5.69 Å². The molecule has 1 aromatic carbocycles. The molecule has 0 bridgehead atoms. The molecule has 0 saturated heterocycles. The van der Waals surface area contributed by atoms with Gasteiger partial charge in [0.25, 0.3) is 0 Å². The van der Waals surface area contributed by atoms with Gasteiger partial charge >= 0.3 is 5.97 Å². The molecule has 0 aliphatic carbocycles. The highest BCUT2D eigenvalue weighted by Gasteiger charge is 2.06. The second kappa shape index (κ2) is 6.85. The van der Waals surface area contributed by atoms with Crippen molar-refractivity contribution in [1.29, 1.82) is 0 Å². The lowest BCUT2D eigenvalue weighted by molar-refractivity contribution is 0.0452. The fourth-order valence-electron chi connectivity index (χ4n) is 1.22. The number of anilines is 1. The third kappa shape index (κ3) is 4.31. The van der Waals surface area contributed by atoms with Crippen molar-refractivity contribution >= 4 is 11.7 Å². The third-order valence-electron chi connectivity index (χ3n) is 1.99. The first kappa shape index (κ1) is 12.5. The Morgan fingerprint density at radius 1 is 1.38 bits per heavy atom. The van der Waals surface area contributed by atoms with E-state index < -0.39 is 0 Å². The van der Waals surface area contributed by atoms with Crippen LogP contribution in [0.15, 0.2) is 24.3 Å². The second-order valence-corrected chi connectivity index (χ2v) is 3.31. The largest absolute Gasteiger partial charge is 0.462 e. The Hall–Kier alpha value is -1.55. The zero-order valence-electron chi connectivity index (χ0n) is 9.44. The number of esters is 1. The minimum Gasteiger partial charge on any atom is -0.462 e. The number of hydrogen-bond acceptors (Lipinski definition) is 4. The standard InChI is InChI=1S/C12H17NO3/c1-2-15-7-4-8-16-12(14)10-5-3-6-11(13)9-10/h3,5-6,9H,2,4,7-8,13H2,1H3. The number of nitrogen functional groups attached to an aromatic ring is 1. The van der Waals surface area contributed by atoms with Gasteiger partial charge in [-0.15, -0.1) is 0 Å². The van der Waals surface area contributed by atoms with Crippen LogP contribution in [0.2, 0.25) is 0 Å². The molecule has 88 valence electrons. The zero-order valence-corrected chi connectivity index (χ0v) is 9.44. The molecule has 0 aliphatic rings. The first-order chi connectivity index (χ1) is 7.74. The normalized spacial score (nSPS) is 10.1. The number of nitrogens with two attached hydrogens (primary N) is 1. The number of hydrogen-bond donors (Lipinski definition) is 1. The van der Waals surface area contributed by atoms with E-state index in [9.17, 15) is 4.79 Å². The van der Waals surface area contributed by atoms with Gasteiger partial charge in [-0.25, -0.2) is 4.79 Å². The molecule has 0 heterocycles. The van der Waals surface area contributed by atoms with Crippen molar-refractivity contribution in [3.63, 3.8) is 0 Å². The molecular formula is C12H17NO3. The number of carbonyl (C=O) groups excluding carboxylic acids is 1. The van der Waals surface area contributed by atoms with Gasteiger partial charge < -0.3 is 15.2 Å². The molecule has 0 radical (unpaired) electrons. The van der Waals surface area contributed by atoms with Crippen LogP contribution >= 0.6 is 0 Å². The van der Waals surface area contributed by atoms with Gasteiger partial charge in [-0.1, -0.05) is 6.07 Å². The minimum atomic E-state index is -0.344. The van der Waals surface area contributed by atoms with E-state index in [0.29, 0.717) is 37.5 Å². The van der Waals surface area contributed by atoms with E-state index in [1.807, 2.05) is 6.92 Å². The Balaban J connectivity index is 2.30. The Labute approximate surface area is 95.3 Å². The van der Waals surface area contributed by atoms with E-state index in [-0.39, 0.29) is 5.97 Å². The highest BCUT2D eigenvalue weighted by Crippen LogP contribution is 2.07. The average Bonchev–Trinajstić information content (AvgIpc) is 2.28. The minimum absolute atomic E-state index is 0.344. The van der Waals surface area contributed by atoms with Gasteiger partial charge in [0.15, 0.2) is 0 Å². The van der Waals surface area contributed by atoms with Crippen LogP contribution in [-0.4, -0.2) is 25.8 Å². The molecule has 0 atom stereocenters. The molecule has 0 aliphatic heterocycles. The molecule has 1 aromatic rings. The summed E-state index contributed by atoms with van der Waals surface area (Å²) in [4.78, 5) is 11.5. The highest BCUT2D eigenvalue weighted by atomic mass is 16.5. The first-order valence-electron chi connectivity index (χ1n) is 5.34. The summed E-state index contributed by atoms with van der Waals surface area (Å²) in [7, 11) is 0. The van der Waals surface area contributed by atoms with Crippen molar-refractivity contribution < 1.29 is 14.3 Å². The molecule has 0 aromatic heterocycles. The number of ether oxygens (including phenoxy) is 2. The highest BCUT2D eigenvalue weighted by molar-refractivity contribution is 5.90. The van der Waals surface area contributed by atoms with E-state index in [4.69, 9.17) is 15.2 Å². The van der Waals surface area contributed by atoms with Crippen molar-refractivity contribution in [3.8, 4) is 0 Å². The summed E-state index contributed by atoms with van der Waals surface area (Å²) in [6.07, 6.45) is 0.710. The summed E-state index contributed by atoms with van der Waals surface area (Å²) in [6, 6.07) is 6.74. The monoisotopic (exact) mass is 223 g/mol. The maximum Gasteiger partial charge on any atom is 0.338 e. The van der Waals surface area contributed by atoms with Crippen LogP contribution in [0.3, 0.4) is 0 Å². The Morgan fingerprint density at radius 2 is 2.19 bits per heavy atom. The number of carbonyl (C=O) groups is 1. The molecule has 4 nitrogen and oxygen atoms in total. The van der Waals surface area contributed by atoms with E-state index in [2.05, 4.69) is 0 Å². The van der Waals surface area contributed by atoms with Crippen LogP contribution in [0.5, 0.6) is 0 Å². The van der Waals surface area contributed by atoms with Crippen molar-refractivity contribution in [2.45, 2.75) is 13.3 Å². The van der Waals surface area contributed by atoms with Gasteiger partial charge in [0, 0.05) is 25.3 Å². The molecule has 4 heteroatoms. The fraction of sp³-hybridized carbons (Fsp3) is 0.417. The van der Waals surface area contributed by atoms with Gasteiger partial charge in [-0.2, -0.15) is 0 Å². The molecule has 2 N–H and O–H groups in total. The lowest BCUT2D eigenvalue weighted by atomic mass is 10.2. The molecule has 0 unspecified atom stereocenters. The SMILES string of the molecule is CCOCCCOC(=O)c1cccc(N)c1. The molecular weight excluding hydrogens is 206 g/mol. The molecule has 0 fully saturated rings. The molecule has 1 rings (SSSR count). The summed E-state index contributed by atoms with van der Waals surface area (Å²) in [5.41, 5.74) is 6.60. The predicted molar refractivity (Wildman–Crippen MR) is 62.2 cm³/mol. The summed E-state index contributed by atoms with van der Waals surface area (Å²) in [5.74, 6) is -0.344. The van der Waals surface area contributed by atoms with Crippen molar-refractivity contribution in [3.05, 3.63) is 29.8 Å². The summed E-state index contributed by atoms with van der Waals surface area (Å²) in [6.45, 7) is 3.59. The van der Waals surface area contributed by atoms with Crippen LogP contribution in [0.1, 0.15) is 23.7 Å². The van der Waals surface area contributed by atoms with E-state index in [1.54, 1.807) is 24.3 Å². The zero-order chi connectivity index (χ0) is 11.8. The molecule has 0 spiro atoms. The quantitative estimate of drug-likeness (QED) is 0.454. The van der Waals surface area contributed by atoms with E-state index >= 15 is 0 Å². The number of benzene rings is 1. The Morgan fingerprint density at radius 3 is 2.88 bits per heavy atom. The van der Waals surface area contributed by atoms with Crippen LogP contribution < -0.4 is 5.73 Å². The van der Waals surface area contributed by atoms with Gasteiger partial charge in [-0.05, 0) is 25.1 Å². The van der Waals surface area contributed by atoms with Crippen molar-refractivity contribution in [1.82, 2.24) is 0 Å². The molecule has 0 amide bonds. The second-order valence-electron chi connectivity index (χ2n) is 3.31. The first-order valence-corrected chi connectivity index (χ1v) is 5.34. The van der Waals surface area contributed by atoms with Crippen LogP contribution in [0.25, 0.3) is 0 Å². The van der Waals surface area contributed by atoms with Crippen LogP contribution in [-0.2, 0) is 9.47 Å². The third-order valence-corrected chi connectivity index (χ3v) is 1.99. The number of rotatable bonds is 6. The topological polar surface area (TPSA) is 61.5 Å². The summed E-state index contributed by atoms with van der Waals surface area (Å²) >= 11 is 0. The lowest BCUT2D eigenvalue weighted by Crippen LogP contribution is -2.08. The maximum atomic E-state index is 11.5. The summed E-state index contributed by atoms with van der Waals surface area (Å²) in [5, 5.41) is 0. The van der Waals surface area contributed by atoms with Gasteiger partial charge in [0.05, 0.1) is 12.2 Å². The fourth-order valence-corrected chi connectivity index (χ4v) is 1.22. The van der Waals surface area contributed by atoms with Crippen molar-refractivity contribution in [2.75, 3.05) is 25.6 Å². The smallest absolute Gasteiger partial charge is 0.338 e. The van der Waals surface area contributed by atoms with Crippen LogP contribution in [0, 0.1) is 0 Å². The van der Waals surface area contributed by atoms with Crippen molar-refractivity contribution in [2.24, 2.45) is 0 Å². The van der Waals surface area contributed by atoms with Gasteiger partial charge in [-0.3, -0.25) is 0 Å². The van der Waals surface area contributed by atoms with E-state index in [1.165, 1.54) is 0 Å². The molecule has 0 saturated carbocycles. The van der Waals surface area contributed by atoms with E-state index in [0.717, 1.165) is 0 Å².